The van der Waals surface area contributed by atoms with Gasteiger partial charge < -0.3 is 15.3 Å². The molecule has 0 bridgehead atoms. The van der Waals surface area contributed by atoms with E-state index in [0.29, 0.717) is 5.56 Å². The molecule has 0 fully saturated rings. The van der Waals surface area contributed by atoms with Gasteiger partial charge in [-0.15, -0.1) is 0 Å². The number of hydrogen-bond donors (Lipinski definition) is 3. The van der Waals surface area contributed by atoms with E-state index in [2.05, 4.69) is 0 Å². The Morgan fingerprint density at radius 3 is 2.69 bits per heavy atom. The van der Waals surface area contributed by atoms with E-state index in [0.717, 1.165) is 6.08 Å². The molecule has 1 rings (SSSR count). The van der Waals surface area contributed by atoms with Gasteiger partial charge in [0.15, 0.2) is 0 Å². The highest BCUT2D eigenvalue weighted by atomic mass is 16.4. The van der Waals surface area contributed by atoms with Crippen molar-refractivity contribution in [2.45, 2.75) is 6.61 Å². The maximum atomic E-state index is 10.4. The molecular formula is C11H9NO4. The van der Waals surface area contributed by atoms with Crippen molar-refractivity contribution in [1.82, 2.24) is 0 Å². The lowest BCUT2D eigenvalue weighted by Crippen LogP contribution is -1.93. The number of rotatable bonds is 3. The van der Waals surface area contributed by atoms with Crippen LogP contribution in [0.15, 0.2) is 24.3 Å². The lowest BCUT2D eigenvalue weighted by molar-refractivity contribution is -0.131. The lowest BCUT2D eigenvalue weighted by Gasteiger charge is -2.04. The molecule has 0 aliphatic rings. The molecular weight excluding hydrogens is 210 g/mol. The molecule has 0 saturated carbocycles. The fourth-order valence-corrected chi connectivity index (χ4v) is 1.18. The molecule has 0 amide bonds. The van der Waals surface area contributed by atoms with Crippen LogP contribution in [0.2, 0.25) is 0 Å². The normalized spacial score (nSPS) is 10.9. The molecule has 0 radical (unpaired) electrons. The SMILES string of the molecule is N#CC(=CC(=O)O)c1ccc(O)c(CO)c1. The van der Waals surface area contributed by atoms with Gasteiger partial charge in [-0.2, -0.15) is 5.26 Å². The molecule has 5 nitrogen and oxygen atoms in total. The van der Waals surface area contributed by atoms with Crippen molar-refractivity contribution in [2.24, 2.45) is 0 Å². The highest BCUT2D eigenvalue weighted by Gasteiger charge is 2.07. The van der Waals surface area contributed by atoms with E-state index in [-0.39, 0.29) is 23.5 Å². The monoisotopic (exact) mass is 219 g/mol. The number of aliphatic hydroxyl groups excluding tert-OH is 1. The van der Waals surface area contributed by atoms with Crippen molar-refractivity contribution >= 4 is 11.5 Å². The molecule has 16 heavy (non-hydrogen) atoms. The summed E-state index contributed by atoms with van der Waals surface area (Å²) < 4.78 is 0. The third kappa shape index (κ3) is 2.59. The predicted octanol–water partition coefficient (Wildman–Crippen LogP) is 0.876. The van der Waals surface area contributed by atoms with Crippen LogP contribution in [0.5, 0.6) is 5.75 Å². The number of aliphatic carboxylic acids is 1. The summed E-state index contributed by atoms with van der Waals surface area (Å²) in [6.45, 7) is -0.383. The van der Waals surface area contributed by atoms with E-state index >= 15 is 0 Å². The summed E-state index contributed by atoms with van der Waals surface area (Å²) in [5, 5.41) is 35.5. The summed E-state index contributed by atoms with van der Waals surface area (Å²) >= 11 is 0. The summed E-state index contributed by atoms with van der Waals surface area (Å²) in [6.07, 6.45) is 0.771. The highest BCUT2D eigenvalue weighted by molar-refractivity contribution is 5.94. The number of hydrogen-bond acceptors (Lipinski definition) is 4. The smallest absolute Gasteiger partial charge is 0.329 e. The van der Waals surface area contributed by atoms with Gasteiger partial charge in [0.1, 0.15) is 11.8 Å². The van der Waals surface area contributed by atoms with Gasteiger partial charge in [-0.1, -0.05) is 0 Å². The maximum Gasteiger partial charge on any atom is 0.329 e. The first kappa shape index (κ1) is 11.8. The number of allylic oxidation sites excluding steroid dienone is 1. The standard InChI is InChI=1S/C11H9NO4/c12-5-8(4-11(15)16)7-1-2-10(14)9(3-7)6-13/h1-4,13-14H,6H2,(H,15,16). The summed E-state index contributed by atoms with van der Waals surface area (Å²) in [7, 11) is 0. The van der Waals surface area contributed by atoms with Crippen molar-refractivity contribution in [2.75, 3.05) is 0 Å². The molecule has 0 aliphatic carbocycles. The zero-order valence-corrected chi connectivity index (χ0v) is 8.21. The molecule has 0 spiro atoms. The van der Waals surface area contributed by atoms with Crippen molar-refractivity contribution in [3.8, 4) is 11.8 Å². The van der Waals surface area contributed by atoms with Crippen LogP contribution in [0.4, 0.5) is 0 Å². The zero-order valence-electron chi connectivity index (χ0n) is 8.21. The number of carbonyl (C=O) groups is 1. The second-order valence-electron chi connectivity index (χ2n) is 3.01. The Labute approximate surface area is 91.5 Å². The van der Waals surface area contributed by atoms with Gasteiger partial charge in [-0.05, 0) is 23.8 Å². The largest absolute Gasteiger partial charge is 0.508 e. The van der Waals surface area contributed by atoms with Crippen LogP contribution in [0.1, 0.15) is 11.1 Å². The topological polar surface area (TPSA) is 102 Å². The molecule has 1 aromatic rings. The first-order chi connectivity index (χ1) is 7.58. The second kappa shape index (κ2) is 4.96. The molecule has 82 valence electrons. The van der Waals surface area contributed by atoms with Crippen LogP contribution >= 0.6 is 0 Å². The molecule has 0 saturated heterocycles. The van der Waals surface area contributed by atoms with Gasteiger partial charge in [0.2, 0.25) is 0 Å². The fourth-order valence-electron chi connectivity index (χ4n) is 1.18. The van der Waals surface area contributed by atoms with E-state index in [1.807, 2.05) is 0 Å². The predicted molar refractivity (Wildman–Crippen MR) is 55.3 cm³/mol. The zero-order chi connectivity index (χ0) is 12.1. The van der Waals surface area contributed by atoms with Gasteiger partial charge in [-0.3, -0.25) is 0 Å². The molecule has 0 aliphatic heterocycles. The number of benzene rings is 1. The number of nitriles is 1. The van der Waals surface area contributed by atoms with Crippen LogP contribution in [-0.4, -0.2) is 21.3 Å². The molecule has 0 atom stereocenters. The molecule has 0 heterocycles. The third-order valence-corrected chi connectivity index (χ3v) is 1.95. The number of carboxylic acids is 1. The number of aliphatic hydroxyl groups is 1. The minimum atomic E-state index is -1.23. The van der Waals surface area contributed by atoms with Gasteiger partial charge >= 0.3 is 5.97 Å². The Morgan fingerprint density at radius 1 is 1.50 bits per heavy atom. The maximum absolute atomic E-state index is 10.4. The Bertz CT molecular complexity index is 485. The molecule has 1 aromatic carbocycles. The van der Waals surface area contributed by atoms with Gasteiger partial charge in [0, 0.05) is 11.6 Å². The Hall–Kier alpha value is -2.32. The molecule has 0 aromatic heterocycles. The van der Waals surface area contributed by atoms with E-state index in [1.165, 1.54) is 18.2 Å². The van der Waals surface area contributed by atoms with Gasteiger partial charge in [0.25, 0.3) is 0 Å². The number of phenols is 1. The Balaban J connectivity index is 3.23. The van der Waals surface area contributed by atoms with E-state index < -0.39 is 5.97 Å². The molecule has 3 N–H and O–H groups in total. The average molecular weight is 219 g/mol. The highest BCUT2D eigenvalue weighted by Crippen LogP contribution is 2.22. The van der Waals surface area contributed by atoms with Crippen molar-refractivity contribution < 1.29 is 20.1 Å². The number of carboxylic acid groups (broad SMARTS) is 1. The minimum Gasteiger partial charge on any atom is -0.508 e. The van der Waals surface area contributed by atoms with Crippen LogP contribution in [0, 0.1) is 11.3 Å². The van der Waals surface area contributed by atoms with Crippen molar-refractivity contribution in [3.63, 3.8) is 0 Å². The number of nitrogens with zero attached hydrogens (tertiary/aromatic N) is 1. The van der Waals surface area contributed by atoms with Crippen molar-refractivity contribution in [1.29, 1.82) is 5.26 Å². The van der Waals surface area contributed by atoms with Crippen LogP contribution < -0.4 is 0 Å². The third-order valence-electron chi connectivity index (χ3n) is 1.95. The summed E-state index contributed by atoms with van der Waals surface area (Å²) in [4.78, 5) is 10.4. The summed E-state index contributed by atoms with van der Waals surface area (Å²) in [5.74, 6) is -1.32. The average Bonchev–Trinajstić information content (AvgIpc) is 2.26. The van der Waals surface area contributed by atoms with Crippen LogP contribution in [0.25, 0.3) is 5.57 Å². The van der Waals surface area contributed by atoms with E-state index in [4.69, 9.17) is 15.5 Å². The quantitative estimate of drug-likeness (QED) is 0.517. The summed E-state index contributed by atoms with van der Waals surface area (Å²) in [5.41, 5.74) is 0.540. The molecule has 5 heteroatoms. The Morgan fingerprint density at radius 2 is 2.19 bits per heavy atom. The Kier molecular flexibility index (Phi) is 3.64. The lowest BCUT2D eigenvalue weighted by atomic mass is 10.0. The van der Waals surface area contributed by atoms with E-state index in [9.17, 15) is 9.90 Å². The first-order valence-electron chi connectivity index (χ1n) is 4.36. The van der Waals surface area contributed by atoms with Gasteiger partial charge in [0.05, 0.1) is 12.2 Å². The minimum absolute atomic E-state index is 0.0396. The van der Waals surface area contributed by atoms with Crippen LogP contribution in [-0.2, 0) is 11.4 Å². The fraction of sp³-hybridized carbons (Fsp3) is 0.0909. The summed E-state index contributed by atoms with van der Waals surface area (Å²) in [6, 6.07) is 5.81. The second-order valence-corrected chi connectivity index (χ2v) is 3.01. The van der Waals surface area contributed by atoms with E-state index in [1.54, 1.807) is 6.07 Å². The molecule has 0 unspecified atom stereocenters. The first-order valence-corrected chi connectivity index (χ1v) is 4.36. The van der Waals surface area contributed by atoms with Crippen LogP contribution in [0.3, 0.4) is 0 Å². The number of aromatic hydroxyl groups is 1. The van der Waals surface area contributed by atoms with Gasteiger partial charge in [-0.25, -0.2) is 4.79 Å². The van der Waals surface area contributed by atoms with Crippen molar-refractivity contribution in [3.05, 3.63) is 35.4 Å².